The second-order valence-corrected chi connectivity index (χ2v) is 7.37. The largest absolute Gasteiger partial charge is 0.480 e. The van der Waals surface area contributed by atoms with Crippen molar-refractivity contribution in [2.45, 2.75) is 6.92 Å². The summed E-state index contributed by atoms with van der Waals surface area (Å²) < 4.78 is 13.1. The van der Waals surface area contributed by atoms with E-state index in [1.165, 1.54) is 11.8 Å². The van der Waals surface area contributed by atoms with Crippen molar-refractivity contribution < 1.29 is 9.15 Å². The predicted octanol–water partition coefficient (Wildman–Crippen LogP) is 4.01. The van der Waals surface area contributed by atoms with Crippen molar-refractivity contribution >= 4 is 45.1 Å². The van der Waals surface area contributed by atoms with E-state index in [-0.39, 0.29) is 5.89 Å². The van der Waals surface area contributed by atoms with Crippen LogP contribution in [0.3, 0.4) is 0 Å². The number of hydrogen-bond donors (Lipinski definition) is 0. The van der Waals surface area contributed by atoms with Crippen LogP contribution in [0.5, 0.6) is 5.88 Å². The number of aromatic nitrogens is 4. The van der Waals surface area contributed by atoms with Crippen LogP contribution in [-0.4, -0.2) is 26.9 Å². The molecule has 0 unspecified atom stereocenters. The molecule has 7 nitrogen and oxygen atoms in total. The molecule has 0 aliphatic heterocycles. The minimum absolute atomic E-state index is 0.106. The van der Waals surface area contributed by atoms with Crippen molar-refractivity contribution in [3.05, 3.63) is 61.1 Å². The van der Waals surface area contributed by atoms with E-state index in [4.69, 9.17) is 20.8 Å². The highest BCUT2D eigenvalue weighted by molar-refractivity contribution is 14.1. The fourth-order valence-electron chi connectivity index (χ4n) is 2.72. The van der Waals surface area contributed by atoms with E-state index < -0.39 is 5.63 Å². The first-order chi connectivity index (χ1) is 13.0. The van der Waals surface area contributed by atoms with Crippen LogP contribution >= 0.6 is 34.2 Å². The van der Waals surface area contributed by atoms with Crippen LogP contribution in [-0.2, 0) is 0 Å². The van der Waals surface area contributed by atoms with Crippen LogP contribution in [0.4, 0.5) is 0 Å². The first-order valence-corrected chi connectivity index (χ1v) is 9.30. The number of hydrogen-bond acceptors (Lipinski definition) is 6. The lowest BCUT2D eigenvalue weighted by Crippen LogP contribution is -2.08. The minimum Gasteiger partial charge on any atom is -0.480 e. The molecule has 9 heteroatoms. The summed E-state index contributed by atoms with van der Waals surface area (Å²) >= 11 is 8.42. The highest BCUT2D eigenvalue weighted by atomic mass is 127. The lowest BCUT2D eigenvalue weighted by molar-refractivity contribution is 0.394. The van der Waals surface area contributed by atoms with Crippen molar-refractivity contribution in [3.63, 3.8) is 0 Å². The molecule has 0 amide bonds. The van der Waals surface area contributed by atoms with Gasteiger partial charge in [0.05, 0.1) is 23.0 Å². The van der Waals surface area contributed by atoms with Gasteiger partial charge in [0.2, 0.25) is 11.8 Å². The first kappa shape index (κ1) is 17.9. The molecule has 3 heterocycles. The van der Waals surface area contributed by atoms with Crippen LogP contribution in [0.15, 0.2) is 45.7 Å². The van der Waals surface area contributed by atoms with Gasteiger partial charge in [-0.25, -0.2) is 19.4 Å². The Morgan fingerprint density at radius 3 is 2.85 bits per heavy atom. The summed E-state index contributed by atoms with van der Waals surface area (Å²) in [7, 11) is 1.49. The number of pyridine rings is 1. The summed E-state index contributed by atoms with van der Waals surface area (Å²) in [5.41, 5.74) is 1.38. The molecule has 0 spiro atoms. The average Bonchev–Trinajstić information content (AvgIpc) is 3.07. The molecule has 4 rings (SSSR count). The number of benzene rings is 1. The Bertz CT molecular complexity index is 1240. The molecule has 27 heavy (non-hydrogen) atoms. The second kappa shape index (κ2) is 6.93. The van der Waals surface area contributed by atoms with Gasteiger partial charge in [-0.05, 0) is 59.3 Å². The third-order valence-electron chi connectivity index (χ3n) is 3.94. The van der Waals surface area contributed by atoms with E-state index in [2.05, 4.69) is 37.7 Å². The molecule has 0 saturated heterocycles. The molecule has 0 aliphatic carbocycles. The van der Waals surface area contributed by atoms with Crippen molar-refractivity contribution in [2.75, 3.05) is 7.11 Å². The summed E-state index contributed by atoms with van der Waals surface area (Å²) in [5, 5.41) is 5.14. The van der Waals surface area contributed by atoms with Gasteiger partial charge in [0, 0.05) is 15.8 Å². The molecule has 4 aromatic rings. The van der Waals surface area contributed by atoms with Crippen molar-refractivity contribution in [2.24, 2.45) is 0 Å². The zero-order valence-corrected chi connectivity index (χ0v) is 17.1. The quantitative estimate of drug-likeness (QED) is 0.400. The van der Waals surface area contributed by atoms with E-state index in [0.29, 0.717) is 33.3 Å². The molecular weight excluding hydrogens is 483 g/mol. The standard InChI is InChI=1S/C18H12ClIN4O3/c1-9-6-10(20)7-11-15(9)22-17(27-18(11)25)13-8-14(26-2)23-24(13)16-12(19)4-3-5-21-16/h3-8H,1-2H3. The Kier molecular flexibility index (Phi) is 4.60. The van der Waals surface area contributed by atoms with Gasteiger partial charge in [0.1, 0.15) is 5.69 Å². The number of methoxy groups -OCH3 is 1. The number of fused-ring (bicyclic) bond motifs is 1. The maximum absolute atomic E-state index is 12.6. The van der Waals surface area contributed by atoms with Crippen LogP contribution < -0.4 is 10.4 Å². The lowest BCUT2D eigenvalue weighted by Gasteiger charge is -2.08. The predicted molar refractivity (Wildman–Crippen MR) is 110 cm³/mol. The van der Waals surface area contributed by atoms with Gasteiger partial charge >= 0.3 is 5.63 Å². The van der Waals surface area contributed by atoms with Gasteiger partial charge in [0.25, 0.3) is 0 Å². The summed E-state index contributed by atoms with van der Waals surface area (Å²) in [6, 6.07) is 8.72. The SMILES string of the molecule is COc1cc(-c2nc3c(C)cc(I)cc3c(=O)o2)n(-c2ncccc2Cl)n1. The zero-order chi connectivity index (χ0) is 19.1. The van der Waals surface area contributed by atoms with E-state index in [1.807, 2.05) is 13.0 Å². The molecule has 3 aromatic heterocycles. The maximum Gasteiger partial charge on any atom is 0.347 e. The topological polar surface area (TPSA) is 83.0 Å². The Morgan fingerprint density at radius 1 is 1.30 bits per heavy atom. The van der Waals surface area contributed by atoms with Gasteiger partial charge in [-0.15, -0.1) is 5.10 Å². The lowest BCUT2D eigenvalue weighted by atomic mass is 10.1. The number of nitrogens with zero attached hydrogens (tertiary/aromatic N) is 4. The van der Waals surface area contributed by atoms with Crippen molar-refractivity contribution in [1.29, 1.82) is 0 Å². The number of halogens is 2. The van der Waals surface area contributed by atoms with Crippen LogP contribution in [0.25, 0.3) is 28.3 Å². The first-order valence-electron chi connectivity index (χ1n) is 7.84. The van der Waals surface area contributed by atoms with E-state index in [0.717, 1.165) is 9.13 Å². The number of rotatable bonds is 3. The van der Waals surface area contributed by atoms with Gasteiger partial charge in [-0.3, -0.25) is 0 Å². The Morgan fingerprint density at radius 2 is 2.11 bits per heavy atom. The van der Waals surface area contributed by atoms with Crippen LogP contribution in [0, 0.1) is 10.5 Å². The molecule has 0 aliphatic rings. The molecule has 0 atom stereocenters. The summed E-state index contributed by atoms with van der Waals surface area (Å²) in [6.45, 7) is 1.90. The summed E-state index contributed by atoms with van der Waals surface area (Å²) in [6.07, 6.45) is 1.59. The van der Waals surface area contributed by atoms with Crippen LogP contribution in [0.1, 0.15) is 5.56 Å². The average molecular weight is 495 g/mol. The molecule has 1 aromatic carbocycles. The molecule has 136 valence electrons. The van der Waals surface area contributed by atoms with E-state index in [1.54, 1.807) is 30.5 Å². The van der Waals surface area contributed by atoms with Gasteiger partial charge in [-0.1, -0.05) is 11.6 Å². The van der Waals surface area contributed by atoms with Gasteiger partial charge in [0.15, 0.2) is 5.82 Å². The molecule has 0 fully saturated rings. The van der Waals surface area contributed by atoms with E-state index in [9.17, 15) is 4.79 Å². The second-order valence-electron chi connectivity index (χ2n) is 5.72. The number of ether oxygens (including phenoxy) is 1. The van der Waals surface area contributed by atoms with Gasteiger partial charge in [-0.2, -0.15) is 0 Å². The Hall–Kier alpha value is -2.46. The molecule has 0 bridgehead atoms. The zero-order valence-electron chi connectivity index (χ0n) is 14.2. The van der Waals surface area contributed by atoms with E-state index >= 15 is 0 Å². The fraction of sp³-hybridized carbons (Fsp3) is 0.111. The Balaban J connectivity index is 2.01. The minimum atomic E-state index is -0.476. The van der Waals surface area contributed by atoms with Gasteiger partial charge < -0.3 is 9.15 Å². The molecule has 0 radical (unpaired) electrons. The summed E-state index contributed by atoms with van der Waals surface area (Å²) in [5.74, 6) is 0.797. The smallest absolute Gasteiger partial charge is 0.347 e. The highest BCUT2D eigenvalue weighted by Crippen LogP contribution is 2.29. The Labute approximate surface area is 172 Å². The molecule has 0 N–H and O–H groups in total. The van der Waals surface area contributed by atoms with Crippen molar-refractivity contribution in [3.8, 4) is 23.3 Å². The van der Waals surface area contributed by atoms with Crippen molar-refractivity contribution in [1.82, 2.24) is 19.7 Å². The van der Waals surface area contributed by atoms with Crippen LogP contribution in [0.2, 0.25) is 5.02 Å². The molecule has 0 saturated carbocycles. The normalized spacial score (nSPS) is 11.1. The third kappa shape index (κ3) is 3.19. The third-order valence-corrected chi connectivity index (χ3v) is 4.86. The maximum atomic E-state index is 12.6. The fourth-order valence-corrected chi connectivity index (χ4v) is 3.70. The molecular formula is C18H12ClIN4O3. The number of aryl methyl sites for hydroxylation is 1. The monoisotopic (exact) mass is 494 g/mol. The highest BCUT2D eigenvalue weighted by Gasteiger charge is 2.20. The summed E-state index contributed by atoms with van der Waals surface area (Å²) in [4.78, 5) is 21.4.